The van der Waals surface area contributed by atoms with E-state index in [2.05, 4.69) is 48.8 Å². The second kappa shape index (κ2) is 4.07. The van der Waals surface area contributed by atoms with Gasteiger partial charge in [0.1, 0.15) is 0 Å². The lowest BCUT2D eigenvalue weighted by atomic mass is 11.9. The minimum atomic E-state index is -0.940. The molecule has 0 aliphatic rings. The summed E-state index contributed by atoms with van der Waals surface area (Å²) in [7, 11) is -1.40. The van der Waals surface area contributed by atoms with Gasteiger partial charge in [0.15, 0.2) is 0 Å². The molecule has 0 spiro atoms. The zero-order valence-electron chi connectivity index (χ0n) is 8.29. The van der Waals surface area contributed by atoms with Crippen molar-refractivity contribution in [2.45, 2.75) is 0 Å². The molecule has 5 heteroatoms. The first kappa shape index (κ1) is 11.7. The van der Waals surface area contributed by atoms with Crippen LogP contribution in [0.5, 0.6) is 0 Å². The molecule has 0 aromatic rings. The van der Waals surface area contributed by atoms with E-state index in [1.165, 1.54) is 0 Å². The van der Waals surface area contributed by atoms with Crippen molar-refractivity contribution in [3.05, 3.63) is 0 Å². The third-order valence-corrected chi connectivity index (χ3v) is 6.20. The highest BCUT2D eigenvalue weighted by atomic mass is 31.2. The second-order valence-electron chi connectivity index (χ2n) is 4.18. The molecular weight excluding hydrogens is 190 g/mol. The third-order valence-electron chi connectivity index (χ3n) is 0.689. The van der Waals surface area contributed by atoms with Crippen LogP contribution in [0.1, 0.15) is 0 Å². The Morgan fingerprint density at radius 1 is 0.727 bits per heavy atom. The number of hydrogen-bond donors (Lipinski definition) is 0. The molecule has 0 fully saturated rings. The van der Waals surface area contributed by atoms with E-state index < -0.39 is 14.1 Å². The molecule has 0 heterocycles. The van der Waals surface area contributed by atoms with Crippen LogP contribution in [0.3, 0.4) is 0 Å². The second-order valence-corrected chi connectivity index (χ2v) is 13.7. The molecule has 0 bridgehead atoms. The highest BCUT2D eigenvalue weighted by Gasteiger charge is 1.97. The fourth-order valence-corrected chi connectivity index (χ4v) is 2.95. The van der Waals surface area contributed by atoms with E-state index in [4.69, 9.17) is 0 Å². The fraction of sp³-hybridized carbons (Fsp3) is 1.00. The van der Waals surface area contributed by atoms with Gasteiger partial charge in [-0.1, -0.05) is 0 Å². The van der Waals surface area contributed by atoms with E-state index in [0.717, 1.165) is 0 Å². The monoisotopic (exact) mass is 208 g/mol. The van der Waals surface area contributed by atoms with E-state index in [-0.39, 0.29) is 0 Å². The Morgan fingerprint density at radius 3 is 1.18 bits per heavy atom. The van der Waals surface area contributed by atoms with E-state index in [0.29, 0.717) is 9.84 Å². The van der Waals surface area contributed by atoms with Gasteiger partial charge in [-0.05, 0) is 54.1 Å². The summed E-state index contributed by atoms with van der Waals surface area (Å²) in [4.78, 5) is 0. The molecule has 0 aliphatic heterocycles. The minimum absolute atomic E-state index is 0.484. The normalized spacial score (nSPS) is 12.9. The van der Waals surface area contributed by atoms with E-state index in [1.807, 2.05) is 0 Å². The molecule has 0 aromatic heterocycles. The molecule has 0 saturated heterocycles. The molecular formula is C6H18N2P2Si. The van der Waals surface area contributed by atoms with Crippen molar-refractivity contribution in [2.24, 2.45) is 8.82 Å². The van der Waals surface area contributed by atoms with Gasteiger partial charge in [0, 0.05) is 0 Å². The average molecular weight is 208 g/mol. The molecule has 0 aliphatic carbocycles. The molecule has 2 nitrogen and oxygen atoms in total. The van der Waals surface area contributed by atoms with Crippen molar-refractivity contribution in [1.29, 1.82) is 0 Å². The summed E-state index contributed by atoms with van der Waals surface area (Å²) in [6.07, 6.45) is 0. The Balaban J connectivity index is 4.15. The Bertz CT molecular complexity index is 182. The molecule has 66 valence electrons. The molecule has 0 aromatic carbocycles. The number of hydrogen-bond acceptors (Lipinski definition) is 2. The summed E-state index contributed by atoms with van der Waals surface area (Å²) < 4.78 is 9.08. The van der Waals surface area contributed by atoms with Crippen LogP contribution in [0.15, 0.2) is 8.82 Å². The quantitative estimate of drug-likeness (QED) is 0.492. The van der Waals surface area contributed by atoms with Gasteiger partial charge in [0.2, 0.25) is 0 Å². The van der Waals surface area contributed by atoms with Crippen LogP contribution in [0.2, 0.25) is 0 Å². The van der Waals surface area contributed by atoms with Crippen molar-refractivity contribution in [3.63, 3.8) is 0 Å². The first-order chi connectivity index (χ1) is 4.71. The molecule has 0 unspecified atom stereocenters. The van der Waals surface area contributed by atoms with Gasteiger partial charge in [0.25, 0.3) is 0 Å². The topological polar surface area (TPSA) is 24.7 Å². The molecule has 2 radical (unpaired) electrons. The average Bonchev–Trinajstić information content (AvgIpc) is 1.55. The predicted octanol–water partition coefficient (Wildman–Crippen LogP) is 2.70. The molecule has 11 heavy (non-hydrogen) atoms. The van der Waals surface area contributed by atoms with Crippen molar-refractivity contribution < 1.29 is 0 Å². The van der Waals surface area contributed by atoms with Gasteiger partial charge >= 0.3 is 9.84 Å². The summed E-state index contributed by atoms with van der Waals surface area (Å²) in [5, 5.41) is 0. The highest BCUT2D eigenvalue weighted by Crippen LogP contribution is 2.38. The SMILES string of the molecule is CP(C)(C)=N[Si]N=P(C)(C)C. The van der Waals surface area contributed by atoms with E-state index in [1.54, 1.807) is 0 Å². The predicted molar refractivity (Wildman–Crippen MR) is 60.0 cm³/mol. The Kier molecular flexibility index (Phi) is 4.32. The molecule has 0 amide bonds. The number of nitrogens with zero attached hydrogens (tertiary/aromatic N) is 2. The van der Waals surface area contributed by atoms with Crippen LogP contribution in [0, 0.1) is 0 Å². The summed E-state index contributed by atoms with van der Waals surface area (Å²) >= 11 is 0. The van der Waals surface area contributed by atoms with Gasteiger partial charge in [0.05, 0.1) is 0 Å². The minimum Gasteiger partial charge on any atom is -0.312 e. The highest BCUT2D eigenvalue weighted by molar-refractivity contribution is 7.66. The van der Waals surface area contributed by atoms with Crippen molar-refractivity contribution in [2.75, 3.05) is 40.0 Å². The van der Waals surface area contributed by atoms with Crippen molar-refractivity contribution in [3.8, 4) is 0 Å². The molecule has 0 atom stereocenters. The summed E-state index contributed by atoms with van der Waals surface area (Å²) in [5.74, 6) is 0. The van der Waals surface area contributed by atoms with Crippen molar-refractivity contribution in [1.82, 2.24) is 0 Å². The summed E-state index contributed by atoms with van der Waals surface area (Å²) in [6.45, 7) is 13.3. The number of rotatable bonds is 2. The Labute approximate surface area is 73.3 Å². The third kappa shape index (κ3) is 10.7. The maximum absolute atomic E-state index is 4.54. The standard InChI is InChI=1S/C6H18N2P2Si/c1-9(2,3)7-11-8-10(4,5)6/h1-6H3. The summed E-state index contributed by atoms with van der Waals surface area (Å²) in [6, 6.07) is 0. The Hall–Kier alpha value is 0.677. The molecule has 0 saturated carbocycles. The lowest BCUT2D eigenvalue weighted by molar-refractivity contribution is 1.72. The van der Waals surface area contributed by atoms with Gasteiger partial charge in [-0.3, -0.25) is 0 Å². The van der Waals surface area contributed by atoms with Crippen LogP contribution in [-0.4, -0.2) is 49.8 Å². The molecule has 0 N–H and O–H groups in total. The maximum atomic E-state index is 4.54. The first-order valence-electron chi connectivity index (χ1n) is 3.53. The van der Waals surface area contributed by atoms with Crippen molar-refractivity contribution >= 4 is 24.0 Å². The van der Waals surface area contributed by atoms with Crippen LogP contribution in [-0.2, 0) is 0 Å². The van der Waals surface area contributed by atoms with Crippen LogP contribution in [0.25, 0.3) is 0 Å². The lowest BCUT2D eigenvalue weighted by Crippen LogP contribution is -1.82. The van der Waals surface area contributed by atoms with Gasteiger partial charge in [-0.25, -0.2) is 0 Å². The van der Waals surface area contributed by atoms with E-state index >= 15 is 0 Å². The van der Waals surface area contributed by atoms with Crippen LogP contribution in [0.4, 0.5) is 0 Å². The first-order valence-corrected chi connectivity index (χ1v) is 10.6. The van der Waals surface area contributed by atoms with Gasteiger partial charge < -0.3 is 8.82 Å². The smallest absolute Gasteiger partial charge is 0.312 e. The van der Waals surface area contributed by atoms with Crippen LogP contribution < -0.4 is 0 Å². The fourth-order valence-electron chi connectivity index (χ4n) is 0.288. The Morgan fingerprint density at radius 2 is 1.00 bits per heavy atom. The van der Waals surface area contributed by atoms with E-state index in [9.17, 15) is 0 Å². The van der Waals surface area contributed by atoms with Gasteiger partial charge in [-0.2, -0.15) is 0 Å². The van der Waals surface area contributed by atoms with Gasteiger partial charge in [-0.15, -0.1) is 0 Å². The summed E-state index contributed by atoms with van der Waals surface area (Å²) in [5.41, 5.74) is 0. The van der Waals surface area contributed by atoms with Crippen LogP contribution >= 0.6 is 14.1 Å². The largest absolute Gasteiger partial charge is 0.371 e. The zero-order chi connectivity index (χ0) is 9.12. The lowest BCUT2D eigenvalue weighted by Gasteiger charge is -2.06. The molecule has 0 rings (SSSR count). The maximum Gasteiger partial charge on any atom is 0.371 e. The zero-order valence-corrected chi connectivity index (χ0v) is 11.1.